The molecule has 1 atom stereocenters. The van der Waals surface area contributed by atoms with Gasteiger partial charge < -0.3 is 10.4 Å². The molecule has 0 aliphatic rings. The molecule has 0 fully saturated rings. The van der Waals surface area contributed by atoms with E-state index in [1.165, 1.54) is 5.56 Å². The highest BCUT2D eigenvalue weighted by Gasteiger charge is 2.09. The third kappa shape index (κ3) is 4.06. The predicted octanol–water partition coefficient (Wildman–Crippen LogP) is 5.13. The van der Waals surface area contributed by atoms with Crippen LogP contribution in [0.25, 0.3) is 0 Å². The Bertz CT molecular complexity index is 549. The second-order valence-electron chi connectivity index (χ2n) is 4.86. The number of hydrogen-bond donors (Lipinski definition) is 2. The molecule has 0 aromatic heterocycles. The van der Waals surface area contributed by atoms with Crippen molar-refractivity contribution in [1.82, 2.24) is 0 Å². The summed E-state index contributed by atoms with van der Waals surface area (Å²) in [7, 11) is 0. The van der Waals surface area contributed by atoms with Crippen molar-refractivity contribution in [2.45, 2.75) is 25.8 Å². The normalized spacial score (nSPS) is 12.2. The monoisotopic (exact) mass is 309 g/mol. The van der Waals surface area contributed by atoms with Crippen LogP contribution >= 0.6 is 23.2 Å². The lowest BCUT2D eigenvalue weighted by Gasteiger charge is -2.16. The van der Waals surface area contributed by atoms with Crippen LogP contribution in [-0.4, -0.2) is 11.1 Å². The number of halogens is 2. The van der Waals surface area contributed by atoms with Gasteiger partial charge in [-0.1, -0.05) is 53.5 Å². The molecule has 0 bridgehead atoms. The summed E-state index contributed by atoms with van der Waals surface area (Å²) in [6.45, 7) is 2.11. The maximum absolute atomic E-state index is 9.53. The number of aryl methyl sites for hydroxylation is 1. The van der Waals surface area contributed by atoms with E-state index in [1.54, 1.807) is 12.1 Å². The van der Waals surface area contributed by atoms with E-state index in [4.69, 9.17) is 23.2 Å². The number of rotatable bonds is 5. The molecule has 0 spiro atoms. The van der Waals surface area contributed by atoms with Gasteiger partial charge in [0.25, 0.3) is 0 Å². The fourth-order valence-electron chi connectivity index (χ4n) is 2.03. The molecule has 2 N–H and O–H groups in total. The van der Waals surface area contributed by atoms with E-state index < -0.39 is 0 Å². The van der Waals surface area contributed by atoms with Gasteiger partial charge in [-0.2, -0.15) is 0 Å². The summed E-state index contributed by atoms with van der Waals surface area (Å²) in [6.07, 6.45) is 2.01. The fraction of sp³-hybridized carbons (Fsp3) is 0.250. The van der Waals surface area contributed by atoms with Gasteiger partial charge in [0.1, 0.15) is 0 Å². The van der Waals surface area contributed by atoms with E-state index in [9.17, 15) is 5.11 Å². The molecule has 2 aromatic rings. The van der Waals surface area contributed by atoms with Gasteiger partial charge in [0.15, 0.2) is 5.75 Å². The summed E-state index contributed by atoms with van der Waals surface area (Å²) < 4.78 is 0. The Morgan fingerprint density at radius 2 is 1.70 bits per heavy atom. The minimum absolute atomic E-state index is 0.0733. The van der Waals surface area contributed by atoms with E-state index >= 15 is 0 Å². The SMILES string of the molecule is CC(CCc1ccccc1)Nc1cc(Cl)c(O)c(Cl)c1. The third-order valence-electron chi connectivity index (χ3n) is 3.14. The standard InChI is InChI=1S/C16H17Cl2NO/c1-11(7-8-12-5-3-2-4-6-12)19-13-9-14(17)16(20)15(18)10-13/h2-6,9-11,19-20H,7-8H2,1H3. The summed E-state index contributed by atoms with van der Waals surface area (Å²) in [5.74, 6) is -0.0733. The largest absolute Gasteiger partial charge is 0.505 e. The summed E-state index contributed by atoms with van der Waals surface area (Å²) in [6, 6.07) is 14.0. The van der Waals surface area contributed by atoms with Crippen LogP contribution < -0.4 is 5.32 Å². The zero-order valence-electron chi connectivity index (χ0n) is 11.2. The van der Waals surface area contributed by atoms with Crippen LogP contribution in [0.15, 0.2) is 42.5 Å². The average molecular weight is 310 g/mol. The highest BCUT2D eigenvalue weighted by Crippen LogP contribution is 2.34. The van der Waals surface area contributed by atoms with Gasteiger partial charge in [-0.25, -0.2) is 0 Å². The van der Waals surface area contributed by atoms with E-state index in [-0.39, 0.29) is 21.8 Å². The molecule has 0 saturated heterocycles. The molecule has 1 unspecified atom stereocenters. The Labute approximate surface area is 129 Å². The molecule has 0 amide bonds. The predicted molar refractivity (Wildman–Crippen MR) is 86.0 cm³/mol. The van der Waals surface area contributed by atoms with Gasteiger partial charge >= 0.3 is 0 Å². The van der Waals surface area contributed by atoms with Crippen molar-refractivity contribution in [1.29, 1.82) is 0 Å². The Balaban J connectivity index is 1.93. The Hall–Kier alpha value is -1.38. The summed E-state index contributed by atoms with van der Waals surface area (Å²) >= 11 is 11.8. The van der Waals surface area contributed by atoms with Gasteiger partial charge in [0.05, 0.1) is 10.0 Å². The molecule has 4 heteroatoms. The van der Waals surface area contributed by atoms with Crippen LogP contribution in [0.5, 0.6) is 5.75 Å². The number of phenols is 1. The molecule has 2 rings (SSSR count). The lowest BCUT2D eigenvalue weighted by molar-refractivity contribution is 0.476. The molecular formula is C16H17Cl2NO. The van der Waals surface area contributed by atoms with Gasteiger partial charge in [-0.05, 0) is 37.5 Å². The second-order valence-corrected chi connectivity index (χ2v) is 5.67. The van der Waals surface area contributed by atoms with Crippen molar-refractivity contribution in [3.63, 3.8) is 0 Å². The number of benzene rings is 2. The first-order valence-electron chi connectivity index (χ1n) is 6.54. The molecule has 0 saturated carbocycles. The molecule has 0 radical (unpaired) electrons. The lowest BCUT2D eigenvalue weighted by Crippen LogP contribution is -2.15. The lowest BCUT2D eigenvalue weighted by atomic mass is 10.1. The van der Waals surface area contributed by atoms with Crippen LogP contribution in [0.2, 0.25) is 10.0 Å². The molecule has 2 nitrogen and oxygen atoms in total. The number of hydrogen-bond acceptors (Lipinski definition) is 2. The van der Waals surface area contributed by atoms with E-state index in [0.717, 1.165) is 18.5 Å². The van der Waals surface area contributed by atoms with Gasteiger partial charge in [0.2, 0.25) is 0 Å². The van der Waals surface area contributed by atoms with Crippen molar-refractivity contribution in [2.24, 2.45) is 0 Å². The summed E-state index contributed by atoms with van der Waals surface area (Å²) in [5.41, 5.74) is 2.14. The van der Waals surface area contributed by atoms with E-state index in [0.29, 0.717) is 0 Å². The van der Waals surface area contributed by atoms with Crippen molar-refractivity contribution in [3.05, 3.63) is 58.1 Å². The molecule has 0 aliphatic carbocycles. The van der Waals surface area contributed by atoms with Crippen molar-refractivity contribution >= 4 is 28.9 Å². The molecule has 0 aliphatic heterocycles. The van der Waals surface area contributed by atoms with Crippen LogP contribution in [0.1, 0.15) is 18.9 Å². The number of phenolic OH excluding ortho intramolecular Hbond substituents is 1. The van der Waals surface area contributed by atoms with Crippen LogP contribution in [-0.2, 0) is 6.42 Å². The smallest absolute Gasteiger partial charge is 0.152 e. The Morgan fingerprint density at radius 1 is 1.10 bits per heavy atom. The maximum atomic E-state index is 9.53. The average Bonchev–Trinajstić information content (AvgIpc) is 2.43. The zero-order valence-corrected chi connectivity index (χ0v) is 12.7. The van der Waals surface area contributed by atoms with Crippen molar-refractivity contribution in [3.8, 4) is 5.75 Å². The van der Waals surface area contributed by atoms with E-state index in [2.05, 4.69) is 24.4 Å². The molecule has 106 valence electrons. The highest BCUT2D eigenvalue weighted by molar-refractivity contribution is 6.37. The van der Waals surface area contributed by atoms with E-state index in [1.807, 2.05) is 18.2 Å². The molecule has 20 heavy (non-hydrogen) atoms. The summed E-state index contributed by atoms with van der Waals surface area (Å²) in [5, 5.41) is 13.4. The van der Waals surface area contributed by atoms with Crippen LogP contribution in [0.4, 0.5) is 5.69 Å². The van der Waals surface area contributed by atoms with Gasteiger partial charge in [-0.3, -0.25) is 0 Å². The quantitative estimate of drug-likeness (QED) is 0.750. The molecule has 0 heterocycles. The summed E-state index contributed by atoms with van der Waals surface area (Å²) in [4.78, 5) is 0. The van der Waals surface area contributed by atoms with Gasteiger partial charge in [-0.15, -0.1) is 0 Å². The first-order chi connectivity index (χ1) is 9.56. The second kappa shape index (κ2) is 6.87. The number of anilines is 1. The Kier molecular flexibility index (Phi) is 5.16. The topological polar surface area (TPSA) is 32.3 Å². The minimum atomic E-state index is -0.0733. The molecule has 2 aromatic carbocycles. The Morgan fingerprint density at radius 3 is 2.30 bits per heavy atom. The maximum Gasteiger partial charge on any atom is 0.152 e. The first kappa shape index (κ1) is 15.0. The number of nitrogens with one attached hydrogen (secondary N) is 1. The van der Waals surface area contributed by atoms with Crippen molar-refractivity contribution in [2.75, 3.05) is 5.32 Å². The zero-order chi connectivity index (χ0) is 14.5. The highest BCUT2D eigenvalue weighted by atomic mass is 35.5. The minimum Gasteiger partial charge on any atom is -0.505 e. The number of aromatic hydroxyl groups is 1. The third-order valence-corrected chi connectivity index (χ3v) is 3.72. The fourth-order valence-corrected chi connectivity index (χ4v) is 2.52. The van der Waals surface area contributed by atoms with Gasteiger partial charge in [0, 0.05) is 11.7 Å². The molecular weight excluding hydrogens is 293 g/mol. The first-order valence-corrected chi connectivity index (χ1v) is 7.30. The van der Waals surface area contributed by atoms with Crippen LogP contribution in [0, 0.1) is 0 Å². The van der Waals surface area contributed by atoms with Crippen molar-refractivity contribution < 1.29 is 5.11 Å². The van der Waals surface area contributed by atoms with Crippen LogP contribution in [0.3, 0.4) is 0 Å².